The third-order valence-corrected chi connectivity index (χ3v) is 2.83. The quantitative estimate of drug-likeness (QED) is 0.866. The highest BCUT2D eigenvalue weighted by Crippen LogP contribution is 2.16. The number of esters is 1. The topological polar surface area (TPSA) is 68.3 Å². The van der Waals surface area contributed by atoms with Crippen LogP contribution in [0.2, 0.25) is 0 Å². The van der Waals surface area contributed by atoms with Crippen molar-refractivity contribution in [2.45, 2.75) is 13.0 Å². The molecule has 2 rings (SSSR count). The highest BCUT2D eigenvalue weighted by molar-refractivity contribution is 5.99. The first kappa shape index (κ1) is 13.9. The Balaban J connectivity index is 2.25. The van der Waals surface area contributed by atoms with E-state index in [2.05, 4.69) is 15.0 Å². The Bertz CT molecular complexity index is 673. The van der Waals surface area contributed by atoms with E-state index in [4.69, 9.17) is 0 Å². The van der Waals surface area contributed by atoms with Crippen LogP contribution in [0.3, 0.4) is 0 Å². The molecule has 0 saturated carbocycles. The van der Waals surface area contributed by atoms with Crippen LogP contribution in [0.15, 0.2) is 30.5 Å². The average Bonchev–Trinajstić information content (AvgIpc) is 2.46. The van der Waals surface area contributed by atoms with Crippen LogP contribution in [0.1, 0.15) is 17.3 Å². The number of halogens is 1. The third kappa shape index (κ3) is 2.74. The van der Waals surface area contributed by atoms with E-state index in [-0.39, 0.29) is 11.1 Å². The first-order valence-electron chi connectivity index (χ1n) is 5.96. The van der Waals surface area contributed by atoms with Crippen molar-refractivity contribution in [3.8, 4) is 0 Å². The van der Waals surface area contributed by atoms with Crippen molar-refractivity contribution in [1.82, 2.24) is 10.3 Å². The molecule has 0 aliphatic heterocycles. The molecule has 1 N–H and O–H groups in total. The van der Waals surface area contributed by atoms with E-state index in [1.807, 2.05) is 0 Å². The predicted octanol–water partition coefficient (Wildman–Crippen LogP) is 1.67. The van der Waals surface area contributed by atoms with E-state index in [0.717, 1.165) is 0 Å². The third-order valence-electron chi connectivity index (χ3n) is 2.83. The predicted molar refractivity (Wildman–Crippen MR) is 70.6 cm³/mol. The summed E-state index contributed by atoms with van der Waals surface area (Å²) < 4.78 is 18.0. The molecule has 0 spiro atoms. The molecule has 6 heteroatoms. The second-order valence-corrected chi connectivity index (χ2v) is 4.25. The molecule has 0 radical (unpaired) electrons. The zero-order valence-corrected chi connectivity index (χ0v) is 11.0. The summed E-state index contributed by atoms with van der Waals surface area (Å²) in [6, 6.07) is 5.25. The average molecular weight is 276 g/mol. The number of para-hydroxylation sites is 1. The Labute approximate surface area is 114 Å². The van der Waals surface area contributed by atoms with Crippen LogP contribution in [-0.2, 0) is 9.53 Å². The lowest BCUT2D eigenvalue weighted by atomic mass is 10.1. The summed E-state index contributed by atoms with van der Waals surface area (Å²) >= 11 is 0. The second-order valence-electron chi connectivity index (χ2n) is 4.25. The fourth-order valence-electron chi connectivity index (χ4n) is 1.76. The van der Waals surface area contributed by atoms with Crippen LogP contribution in [0, 0.1) is 5.82 Å². The molecule has 0 bridgehead atoms. The molecule has 1 atom stereocenters. The molecule has 0 aliphatic rings. The summed E-state index contributed by atoms with van der Waals surface area (Å²) in [5.41, 5.74) is 0.448. The van der Waals surface area contributed by atoms with Gasteiger partial charge in [-0.25, -0.2) is 9.18 Å². The standard InChI is InChI=1S/C14H13FN2O3/c1-8(14(19)20-2)17-13(18)10-6-9-4-3-5-11(15)12(9)16-7-10/h3-8H,1-2H3,(H,17,18). The molecule has 1 amide bonds. The number of aromatic nitrogens is 1. The molecular weight excluding hydrogens is 263 g/mol. The Morgan fingerprint density at radius 3 is 2.85 bits per heavy atom. The van der Waals surface area contributed by atoms with Gasteiger partial charge in [-0.15, -0.1) is 0 Å². The summed E-state index contributed by atoms with van der Waals surface area (Å²) in [5.74, 6) is -1.46. The van der Waals surface area contributed by atoms with Gasteiger partial charge < -0.3 is 10.1 Å². The lowest BCUT2D eigenvalue weighted by Gasteiger charge is -2.11. The number of benzene rings is 1. The van der Waals surface area contributed by atoms with Crippen LogP contribution >= 0.6 is 0 Å². The number of amides is 1. The van der Waals surface area contributed by atoms with Gasteiger partial charge in [-0.1, -0.05) is 12.1 Å². The Hall–Kier alpha value is -2.50. The van der Waals surface area contributed by atoms with Crippen LogP contribution in [-0.4, -0.2) is 30.0 Å². The molecule has 1 unspecified atom stereocenters. The normalized spacial score (nSPS) is 11.9. The summed E-state index contributed by atoms with van der Waals surface area (Å²) in [6.07, 6.45) is 1.27. The van der Waals surface area contributed by atoms with E-state index < -0.39 is 23.7 Å². The van der Waals surface area contributed by atoms with Gasteiger partial charge in [0.2, 0.25) is 0 Å². The summed E-state index contributed by atoms with van der Waals surface area (Å²) in [6.45, 7) is 1.51. The molecule has 5 nitrogen and oxygen atoms in total. The van der Waals surface area contributed by atoms with Gasteiger partial charge in [0.1, 0.15) is 17.4 Å². The minimum absolute atomic E-state index is 0.199. The first-order chi connectivity index (χ1) is 9.52. The first-order valence-corrected chi connectivity index (χ1v) is 5.96. The number of fused-ring (bicyclic) bond motifs is 1. The fraction of sp³-hybridized carbons (Fsp3) is 0.214. The van der Waals surface area contributed by atoms with Crippen molar-refractivity contribution in [3.05, 3.63) is 41.8 Å². The van der Waals surface area contributed by atoms with Gasteiger partial charge in [-0.05, 0) is 19.1 Å². The number of hydrogen-bond donors (Lipinski definition) is 1. The lowest BCUT2D eigenvalue weighted by Crippen LogP contribution is -2.39. The molecular formula is C14H13FN2O3. The van der Waals surface area contributed by atoms with Gasteiger partial charge in [0.25, 0.3) is 5.91 Å². The maximum atomic E-state index is 13.5. The number of nitrogens with one attached hydrogen (secondary N) is 1. The van der Waals surface area contributed by atoms with Crippen molar-refractivity contribution < 1.29 is 18.7 Å². The number of carbonyl (C=O) groups excluding carboxylic acids is 2. The van der Waals surface area contributed by atoms with E-state index in [9.17, 15) is 14.0 Å². The number of carbonyl (C=O) groups is 2. The van der Waals surface area contributed by atoms with Crippen molar-refractivity contribution in [1.29, 1.82) is 0 Å². The highest BCUT2D eigenvalue weighted by atomic mass is 19.1. The number of methoxy groups -OCH3 is 1. The number of nitrogens with zero attached hydrogens (tertiary/aromatic N) is 1. The van der Waals surface area contributed by atoms with Crippen LogP contribution in [0.25, 0.3) is 10.9 Å². The Morgan fingerprint density at radius 1 is 1.40 bits per heavy atom. The maximum absolute atomic E-state index is 13.5. The van der Waals surface area contributed by atoms with E-state index >= 15 is 0 Å². The number of hydrogen-bond acceptors (Lipinski definition) is 4. The van der Waals surface area contributed by atoms with E-state index in [1.165, 1.54) is 38.4 Å². The summed E-state index contributed by atoms with van der Waals surface area (Å²) in [5, 5.41) is 3.00. The smallest absolute Gasteiger partial charge is 0.328 e. The summed E-state index contributed by atoms with van der Waals surface area (Å²) in [4.78, 5) is 27.1. The molecule has 1 aromatic heterocycles. The maximum Gasteiger partial charge on any atom is 0.328 e. The molecule has 2 aromatic rings. The van der Waals surface area contributed by atoms with Crippen molar-refractivity contribution >= 4 is 22.8 Å². The zero-order chi connectivity index (χ0) is 14.7. The summed E-state index contributed by atoms with van der Waals surface area (Å²) in [7, 11) is 1.24. The number of rotatable bonds is 3. The largest absolute Gasteiger partial charge is 0.467 e. The Kier molecular flexibility index (Phi) is 3.93. The fourth-order valence-corrected chi connectivity index (χ4v) is 1.76. The van der Waals surface area contributed by atoms with Crippen LogP contribution in [0.4, 0.5) is 4.39 Å². The molecule has 1 heterocycles. The van der Waals surface area contributed by atoms with Gasteiger partial charge in [0, 0.05) is 11.6 Å². The molecule has 0 aliphatic carbocycles. The lowest BCUT2D eigenvalue weighted by molar-refractivity contribution is -0.142. The Morgan fingerprint density at radius 2 is 2.15 bits per heavy atom. The SMILES string of the molecule is COC(=O)C(C)NC(=O)c1cnc2c(F)cccc2c1. The molecule has 0 saturated heterocycles. The minimum Gasteiger partial charge on any atom is -0.467 e. The van der Waals surface area contributed by atoms with Gasteiger partial charge in [-0.3, -0.25) is 9.78 Å². The van der Waals surface area contributed by atoms with Crippen molar-refractivity contribution in [2.75, 3.05) is 7.11 Å². The minimum atomic E-state index is -0.768. The van der Waals surface area contributed by atoms with Crippen LogP contribution < -0.4 is 5.32 Å². The van der Waals surface area contributed by atoms with Crippen molar-refractivity contribution in [2.24, 2.45) is 0 Å². The van der Waals surface area contributed by atoms with Gasteiger partial charge >= 0.3 is 5.97 Å². The number of pyridine rings is 1. The second kappa shape index (κ2) is 5.64. The van der Waals surface area contributed by atoms with E-state index in [0.29, 0.717) is 5.39 Å². The van der Waals surface area contributed by atoms with Crippen molar-refractivity contribution in [3.63, 3.8) is 0 Å². The van der Waals surface area contributed by atoms with Crippen LogP contribution in [0.5, 0.6) is 0 Å². The van der Waals surface area contributed by atoms with Gasteiger partial charge in [-0.2, -0.15) is 0 Å². The number of ether oxygens (including phenoxy) is 1. The zero-order valence-electron chi connectivity index (χ0n) is 11.0. The molecule has 0 fully saturated rings. The molecule has 1 aromatic carbocycles. The highest BCUT2D eigenvalue weighted by Gasteiger charge is 2.17. The monoisotopic (exact) mass is 276 g/mol. The van der Waals surface area contributed by atoms with Gasteiger partial charge in [0.05, 0.1) is 12.7 Å². The van der Waals surface area contributed by atoms with Gasteiger partial charge in [0.15, 0.2) is 0 Å². The molecule has 20 heavy (non-hydrogen) atoms. The molecule has 104 valence electrons. The van der Waals surface area contributed by atoms with E-state index in [1.54, 1.807) is 6.07 Å².